The zero-order chi connectivity index (χ0) is 16.2. The minimum Gasteiger partial charge on any atom is -0.339 e. The second kappa shape index (κ2) is 5.32. The van der Waals surface area contributed by atoms with Gasteiger partial charge in [-0.15, -0.1) is 0 Å². The van der Waals surface area contributed by atoms with Gasteiger partial charge >= 0.3 is 0 Å². The molecule has 1 N–H and O–H groups in total. The molecule has 1 amide bonds. The fourth-order valence-corrected chi connectivity index (χ4v) is 4.73. The van der Waals surface area contributed by atoms with E-state index in [1.54, 1.807) is 0 Å². The van der Waals surface area contributed by atoms with Gasteiger partial charge < -0.3 is 10.2 Å². The molecule has 3 heteroatoms. The standard InChI is InChI=1S/C21H28N2O/c24-19(12-16-4-2-1-3-5-16)23(18-6-7-18)14-17-13-21(17)11-10-20(8-9-20)15-22-21/h1-5,17-18,22H,6-15H2/t17-,21+/m0/s1. The van der Waals surface area contributed by atoms with Gasteiger partial charge in [0.15, 0.2) is 0 Å². The third-order valence-electron chi connectivity index (χ3n) is 7.03. The third-order valence-corrected chi connectivity index (χ3v) is 7.03. The van der Waals surface area contributed by atoms with Crippen molar-refractivity contribution in [2.24, 2.45) is 11.3 Å². The van der Waals surface area contributed by atoms with E-state index in [1.807, 2.05) is 18.2 Å². The first-order chi connectivity index (χ1) is 11.7. The van der Waals surface area contributed by atoms with Crippen LogP contribution >= 0.6 is 0 Å². The number of benzene rings is 1. The van der Waals surface area contributed by atoms with Gasteiger partial charge in [0.05, 0.1) is 6.42 Å². The molecule has 0 bridgehead atoms. The second-order valence-corrected chi connectivity index (χ2v) is 8.85. The highest BCUT2D eigenvalue weighted by Gasteiger charge is 2.60. The number of nitrogens with zero attached hydrogens (tertiary/aromatic N) is 1. The maximum atomic E-state index is 12.8. The van der Waals surface area contributed by atoms with Crippen molar-refractivity contribution < 1.29 is 4.79 Å². The lowest BCUT2D eigenvalue weighted by molar-refractivity contribution is -0.131. The van der Waals surface area contributed by atoms with E-state index in [0.717, 1.165) is 12.1 Å². The van der Waals surface area contributed by atoms with Gasteiger partial charge in [-0.05, 0) is 61.8 Å². The van der Waals surface area contributed by atoms with Crippen molar-refractivity contribution in [2.75, 3.05) is 13.1 Å². The van der Waals surface area contributed by atoms with Crippen LogP contribution in [0.25, 0.3) is 0 Å². The molecule has 4 aliphatic rings. The third kappa shape index (κ3) is 2.77. The summed E-state index contributed by atoms with van der Waals surface area (Å²) in [6.07, 6.45) is 9.88. The Kier molecular flexibility index (Phi) is 3.31. The Morgan fingerprint density at radius 2 is 1.88 bits per heavy atom. The van der Waals surface area contributed by atoms with Gasteiger partial charge in [0, 0.05) is 24.7 Å². The van der Waals surface area contributed by atoms with E-state index in [0.29, 0.717) is 35.2 Å². The van der Waals surface area contributed by atoms with Gasteiger partial charge in [-0.3, -0.25) is 4.79 Å². The van der Waals surface area contributed by atoms with Gasteiger partial charge in [-0.2, -0.15) is 0 Å². The molecule has 1 saturated heterocycles. The molecule has 128 valence electrons. The number of carbonyl (C=O) groups is 1. The van der Waals surface area contributed by atoms with E-state index in [1.165, 1.54) is 51.5 Å². The average Bonchev–Trinajstić information content (AvgIpc) is 3.47. The van der Waals surface area contributed by atoms with Crippen LogP contribution < -0.4 is 5.32 Å². The van der Waals surface area contributed by atoms with Crippen molar-refractivity contribution in [1.82, 2.24) is 10.2 Å². The van der Waals surface area contributed by atoms with E-state index in [2.05, 4.69) is 22.3 Å². The van der Waals surface area contributed by atoms with E-state index in [4.69, 9.17) is 0 Å². The van der Waals surface area contributed by atoms with Gasteiger partial charge in [0.25, 0.3) is 0 Å². The molecule has 1 aromatic carbocycles. The molecule has 3 saturated carbocycles. The molecular formula is C21H28N2O. The molecular weight excluding hydrogens is 296 g/mol. The number of piperidine rings is 1. The number of rotatable bonds is 5. The summed E-state index contributed by atoms with van der Waals surface area (Å²) < 4.78 is 0. The van der Waals surface area contributed by atoms with Crippen molar-refractivity contribution in [3.63, 3.8) is 0 Å². The highest BCUT2D eigenvalue weighted by Crippen LogP contribution is 2.59. The smallest absolute Gasteiger partial charge is 0.227 e. The molecule has 1 heterocycles. The lowest BCUT2D eigenvalue weighted by atomic mass is 9.89. The molecule has 1 aliphatic heterocycles. The minimum atomic E-state index is 0.334. The number of amides is 1. The summed E-state index contributed by atoms with van der Waals surface area (Å²) in [7, 11) is 0. The highest BCUT2D eigenvalue weighted by molar-refractivity contribution is 5.79. The normalized spacial score (nSPS) is 32.8. The van der Waals surface area contributed by atoms with Crippen molar-refractivity contribution in [1.29, 1.82) is 0 Å². The second-order valence-electron chi connectivity index (χ2n) is 8.85. The predicted molar refractivity (Wildman–Crippen MR) is 94.6 cm³/mol. The van der Waals surface area contributed by atoms with Crippen LogP contribution in [0.2, 0.25) is 0 Å². The fraction of sp³-hybridized carbons (Fsp3) is 0.667. The number of nitrogens with one attached hydrogen (secondary N) is 1. The Bertz CT molecular complexity index is 622. The summed E-state index contributed by atoms with van der Waals surface area (Å²) in [4.78, 5) is 15.1. The Morgan fingerprint density at radius 3 is 2.50 bits per heavy atom. The van der Waals surface area contributed by atoms with E-state index in [-0.39, 0.29) is 0 Å². The molecule has 3 nitrogen and oxygen atoms in total. The zero-order valence-corrected chi connectivity index (χ0v) is 14.5. The molecule has 1 aromatic rings. The van der Waals surface area contributed by atoms with Crippen molar-refractivity contribution in [3.8, 4) is 0 Å². The predicted octanol–water partition coefficient (Wildman–Crippen LogP) is 3.14. The van der Waals surface area contributed by atoms with Crippen LogP contribution in [0.5, 0.6) is 0 Å². The first-order valence-electron chi connectivity index (χ1n) is 9.77. The summed E-state index contributed by atoms with van der Waals surface area (Å²) >= 11 is 0. The molecule has 0 aromatic heterocycles. The van der Waals surface area contributed by atoms with Crippen LogP contribution in [0.3, 0.4) is 0 Å². The first kappa shape index (κ1) is 14.9. The van der Waals surface area contributed by atoms with Crippen LogP contribution in [-0.2, 0) is 11.2 Å². The van der Waals surface area contributed by atoms with E-state index in [9.17, 15) is 4.79 Å². The molecule has 2 atom stereocenters. The molecule has 2 spiro atoms. The van der Waals surface area contributed by atoms with Crippen LogP contribution in [0.4, 0.5) is 0 Å². The minimum absolute atomic E-state index is 0.334. The van der Waals surface area contributed by atoms with Crippen LogP contribution in [0.1, 0.15) is 50.5 Å². The summed E-state index contributed by atoms with van der Waals surface area (Å²) in [5.41, 5.74) is 2.20. The van der Waals surface area contributed by atoms with Gasteiger partial charge in [-0.1, -0.05) is 30.3 Å². The highest BCUT2D eigenvalue weighted by atomic mass is 16.2. The van der Waals surface area contributed by atoms with Crippen LogP contribution in [-0.4, -0.2) is 35.5 Å². The monoisotopic (exact) mass is 324 g/mol. The Balaban J connectivity index is 1.21. The molecule has 3 aliphatic carbocycles. The maximum absolute atomic E-state index is 12.8. The van der Waals surface area contributed by atoms with Crippen molar-refractivity contribution >= 4 is 5.91 Å². The largest absolute Gasteiger partial charge is 0.339 e. The van der Waals surface area contributed by atoms with Crippen LogP contribution in [0, 0.1) is 11.3 Å². The first-order valence-corrected chi connectivity index (χ1v) is 9.77. The zero-order valence-electron chi connectivity index (χ0n) is 14.5. The number of hydrogen-bond donors (Lipinski definition) is 1. The number of hydrogen-bond acceptors (Lipinski definition) is 2. The van der Waals surface area contributed by atoms with Gasteiger partial charge in [0.1, 0.15) is 0 Å². The molecule has 24 heavy (non-hydrogen) atoms. The molecule has 5 rings (SSSR count). The molecule has 0 unspecified atom stereocenters. The SMILES string of the molecule is O=C(Cc1ccccc1)N(C[C@@H]1C[C@]12CCC1(CC1)CN2)C1CC1. The Labute approximate surface area is 144 Å². The summed E-state index contributed by atoms with van der Waals surface area (Å²) in [5, 5.41) is 3.89. The molecule has 0 radical (unpaired) electrons. The van der Waals surface area contributed by atoms with Crippen molar-refractivity contribution in [3.05, 3.63) is 35.9 Å². The summed E-state index contributed by atoms with van der Waals surface area (Å²) in [5.74, 6) is 1.02. The Morgan fingerprint density at radius 1 is 1.12 bits per heavy atom. The summed E-state index contributed by atoms with van der Waals surface area (Å²) in [6, 6.07) is 10.7. The lowest BCUT2D eigenvalue weighted by Gasteiger charge is -2.32. The lowest BCUT2D eigenvalue weighted by Crippen LogP contribution is -2.45. The van der Waals surface area contributed by atoms with E-state index >= 15 is 0 Å². The maximum Gasteiger partial charge on any atom is 0.227 e. The van der Waals surface area contributed by atoms with Crippen LogP contribution in [0.15, 0.2) is 30.3 Å². The van der Waals surface area contributed by atoms with Gasteiger partial charge in [-0.25, -0.2) is 0 Å². The average molecular weight is 324 g/mol. The van der Waals surface area contributed by atoms with Gasteiger partial charge in [0.2, 0.25) is 5.91 Å². The number of carbonyl (C=O) groups excluding carboxylic acids is 1. The topological polar surface area (TPSA) is 32.3 Å². The fourth-order valence-electron chi connectivity index (χ4n) is 4.73. The quantitative estimate of drug-likeness (QED) is 0.902. The summed E-state index contributed by atoms with van der Waals surface area (Å²) in [6.45, 7) is 2.21. The van der Waals surface area contributed by atoms with Crippen molar-refractivity contribution in [2.45, 2.75) is 62.9 Å². The van der Waals surface area contributed by atoms with E-state index < -0.39 is 0 Å². The molecule has 4 fully saturated rings. The Hall–Kier alpha value is -1.35.